The van der Waals surface area contributed by atoms with Crippen molar-refractivity contribution in [2.45, 2.75) is 46.5 Å². The van der Waals surface area contributed by atoms with Crippen molar-refractivity contribution in [2.75, 3.05) is 13.7 Å². The highest BCUT2D eigenvalue weighted by molar-refractivity contribution is 5.93. The minimum atomic E-state index is -0.100. The molecule has 24 heavy (non-hydrogen) atoms. The third-order valence-electron chi connectivity index (χ3n) is 4.12. The van der Waals surface area contributed by atoms with Crippen LogP contribution in [0.1, 0.15) is 52.0 Å². The molecule has 0 atom stereocenters. The molecule has 3 nitrogen and oxygen atoms in total. The van der Waals surface area contributed by atoms with Crippen molar-refractivity contribution in [3.8, 4) is 11.5 Å². The van der Waals surface area contributed by atoms with Gasteiger partial charge in [-0.1, -0.05) is 45.8 Å². The molecular formula is C21H28O3. The number of allylic oxidation sites excluding steroid dienone is 3. The normalized spacial score (nSPS) is 16.1. The number of hydrogen-bond donors (Lipinski definition) is 0. The van der Waals surface area contributed by atoms with E-state index in [9.17, 15) is 4.79 Å². The van der Waals surface area contributed by atoms with Crippen LogP contribution in [-0.2, 0) is 4.79 Å². The first kappa shape index (κ1) is 18.3. The van der Waals surface area contributed by atoms with Crippen LogP contribution in [0.2, 0.25) is 0 Å². The van der Waals surface area contributed by atoms with Crippen LogP contribution in [-0.4, -0.2) is 19.5 Å². The van der Waals surface area contributed by atoms with Gasteiger partial charge in [0.2, 0.25) is 0 Å². The molecule has 1 aromatic rings. The van der Waals surface area contributed by atoms with Crippen LogP contribution in [0.5, 0.6) is 11.5 Å². The van der Waals surface area contributed by atoms with E-state index < -0.39 is 0 Å². The van der Waals surface area contributed by atoms with Crippen molar-refractivity contribution in [1.82, 2.24) is 0 Å². The van der Waals surface area contributed by atoms with Crippen LogP contribution in [0.4, 0.5) is 0 Å². The number of rotatable bonds is 7. The van der Waals surface area contributed by atoms with Crippen LogP contribution in [0.3, 0.4) is 0 Å². The summed E-state index contributed by atoms with van der Waals surface area (Å²) < 4.78 is 11.3. The number of ether oxygens (including phenoxy) is 2. The third-order valence-corrected chi connectivity index (χ3v) is 4.12. The van der Waals surface area contributed by atoms with Gasteiger partial charge < -0.3 is 9.47 Å². The fourth-order valence-corrected chi connectivity index (χ4v) is 2.74. The number of ketones is 1. The predicted octanol–water partition coefficient (Wildman–Crippen LogP) is 5.20. The van der Waals surface area contributed by atoms with Crippen molar-refractivity contribution in [3.05, 3.63) is 42.0 Å². The average Bonchev–Trinajstić information content (AvgIpc) is 2.69. The van der Waals surface area contributed by atoms with E-state index in [1.54, 1.807) is 13.2 Å². The standard InChI is InChI=1S/C21H28O3/c1-5-6-7-8-17(22)10-9-16-14-21(2,3)15-24-20-13-18(23-4)11-12-19(16)20/h9-14H,5-8,15H2,1-4H3. The van der Waals surface area contributed by atoms with E-state index in [4.69, 9.17) is 9.47 Å². The maximum Gasteiger partial charge on any atom is 0.155 e. The first-order valence-corrected chi connectivity index (χ1v) is 8.70. The lowest BCUT2D eigenvalue weighted by Crippen LogP contribution is -2.17. The molecule has 0 amide bonds. The molecule has 0 bridgehead atoms. The Bertz CT molecular complexity index is 638. The van der Waals surface area contributed by atoms with E-state index in [2.05, 4.69) is 26.8 Å². The number of carbonyl (C=O) groups is 1. The van der Waals surface area contributed by atoms with E-state index in [1.165, 1.54) is 0 Å². The smallest absolute Gasteiger partial charge is 0.155 e. The lowest BCUT2D eigenvalue weighted by atomic mass is 9.90. The molecule has 1 aliphatic rings. The number of carbonyl (C=O) groups excluding carboxylic acids is 1. The Kier molecular flexibility index (Phi) is 6.24. The van der Waals surface area contributed by atoms with Gasteiger partial charge in [-0.05, 0) is 30.2 Å². The van der Waals surface area contributed by atoms with Gasteiger partial charge in [0.25, 0.3) is 0 Å². The summed E-state index contributed by atoms with van der Waals surface area (Å²) in [5.41, 5.74) is 1.93. The van der Waals surface area contributed by atoms with Crippen LogP contribution in [0.15, 0.2) is 36.4 Å². The van der Waals surface area contributed by atoms with Gasteiger partial charge in [0, 0.05) is 23.5 Å². The summed E-state index contributed by atoms with van der Waals surface area (Å²) in [7, 11) is 1.65. The molecule has 2 rings (SSSR count). The van der Waals surface area contributed by atoms with Gasteiger partial charge in [0.05, 0.1) is 13.7 Å². The van der Waals surface area contributed by atoms with Crippen LogP contribution >= 0.6 is 0 Å². The summed E-state index contributed by atoms with van der Waals surface area (Å²) in [5, 5.41) is 0. The number of hydrogen-bond acceptors (Lipinski definition) is 3. The SMILES string of the molecule is CCCCCC(=O)C=CC1=CC(C)(C)COc2cc(OC)ccc21. The number of methoxy groups -OCH3 is 1. The molecule has 0 spiro atoms. The van der Waals surface area contributed by atoms with E-state index in [1.807, 2.05) is 24.3 Å². The van der Waals surface area contributed by atoms with Crippen LogP contribution in [0, 0.1) is 5.41 Å². The average molecular weight is 328 g/mol. The van der Waals surface area contributed by atoms with E-state index in [-0.39, 0.29) is 11.2 Å². The monoisotopic (exact) mass is 328 g/mol. The van der Waals surface area contributed by atoms with Crippen molar-refractivity contribution in [1.29, 1.82) is 0 Å². The molecule has 3 heteroatoms. The van der Waals surface area contributed by atoms with Crippen molar-refractivity contribution in [3.63, 3.8) is 0 Å². The van der Waals surface area contributed by atoms with Gasteiger partial charge >= 0.3 is 0 Å². The summed E-state index contributed by atoms with van der Waals surface area (Å²) in [6.45, 7) is 7.00. The summed E-state index contributed by atoms with van der Waals surface area (Å²) in [4.78, 5) is 12.1. The Morgan fingerprint density at radius 2 is 2.12 bits per heavy atom. The number of fused-ring (bicyclic) bond motifs is 1. The maximum atomic E-state index is 12.1. The molecule has 130 valence electrons. The maximum absolute atomic E-state index is 12.1. The zero-order valence-electron chi connectivity index (χ0n) is 15.2. The Hall–Kier alpha value is -2.03. The van der Waals surface area contributed by atoms with Gasteiger partial charge in [-0.25, -0.2) is 0 Å². The minimum Gasteiger partial charge on any atom is -0.497 e. The largest absolute Gasteiger partial charge is 0.497 e. The van der Waals surface area contributed by atoms with Crippen molar-refractivity contribution in [2.24, 2.45) is 5.41 Å². The second kappa shape index (κ2) is 8.18. The summed E-state index contributed by atoms with van der Waals surface area (Å²) in [5.74, 6) is 1.75. The molecule has 0 aliphatic carbocycles. The first-order chi connectivity index (χ1) is 11.4. The number of unbranched alkanes of at least 4 members (excludes halogenated alkanes) is 2. The van der Waals surface area contributed by atoms with E-state index in [0.717, 1.165) is 41.9 Å². The van der Waals surface area contributed by atoms with E-state index in [0.29, 0.717) is 13.0 Å². The Labute approximate surface area is 145 Å². The first-order valence-electron chi connectivity index (χ1n) is 8.70. The molecule has 0 saturated heterocycles. The molecule has 0 radical (unpaired) electrons. The van der Waals surface area contributed by atoms with Gasteiger partial charge in [-0.15, -0.1) is 0 Å². The zero-order chi connectivity index (χ0) is 17.6. The van der Waals surface area contributed by atoms with Crippen molar-refractivity contribution < 1.29 is 14.3 Å². The molecular weight excluding hydrogens is 300 g/mol. The molecule has 0 fully saturated rings. The van der Waals surface area contributed by atoms with Gasteiger partial charge in [-0.3, -0.25) is 4.79 Å². The number of benzene rings is 1. The summed E-state index contributed by atoms with van der Waals surface area (Å²) in [6.07, 6.45) is 9.62. The highest BCUT2D eigenvalue weighted by Crippen LogP contribution is 2.37. The Balaban J connectivity index is 2.25. The Morgan fingerprint density at radius 3 is 2.83 bits per heavy atom. The third kappa shape index (κ3) is 4.98. The molecule has 0 aromatic heterocycles. The molecule has 1 heterocycles. The fourth-order valence-electron chi connectivity index (χ4n) is 2.74. The second-order valence-corrected chi connectivity index (χ2v) is 7.00. The molecule has 1 aliphatic heterocycles. The molecule has 0 saturated carbocycles. The zero-order valence-corrected chi connectivity index (χ0v) is 15.2. The Morgan fingerprint density at radius 1 is 1.33 bits per heavy atom. The molecule has 1 aromatic carbocycles. The molecule has 0 unspecified atom stereocenters. The van der Waals surface area contributed by atoms with Crippen LogP contribution in [0.25, 0.3) is 5.57 Å². The topological polar surface area (TPSA) is 35.5 Å². The van der Waals surface area contributed by atoms with Gasteiger partial charge in [0.1, 0.15) is 11.5 Å². The second-order valence-electron chi connectivity index (χ2n) is 7.00. The van der Waals surface area contributed by atoms with Crippen molar-refractivity contribution >= 4 is 11.4 Å². The highest BCUT2D eigenvalue weighted by Gasteiger charge is 2.23. The van der Waals surface area contributed by atoms with Gasteiger partial charge in [-0.2, -0.15) is 0 Å². The molecule has 0 N–H and O–H groups in total. The summed E-state index contributed by atoms with van der Waals surface area (Å²) >= 11 is 0. The summed E-state index contributed by atoms with van der Waals surface area (Å²) in [6, 6.07) is 5.82. The quantitative estimate of drug-likeness (QED) is 0.509. The van der Waals surface area contributed by atoms with Gasteiger partial charge in [0.15, 0.2) is 5.78 Å². The van der Waals surface area contributed by atoms with Crippen LogP contribution < -0.4 is 9.47 Å². The lowest BCUT2D eigenvalue weighted by molar-refractivity contribution is -0.114. The lowest BCUT2D eigenvalue weighted by Gasteiger charge is -2.18. The predicted molar refractivity (Wildman–Crippen MR) is 98.5 cm³/mol. The van der Waals surface area contributed by atoms with E-state index >= 15 is 0 Å². The minimum absolute atomic E-state index is 0.100. The highest BCUT2D eigenvalue weighted by atomic mass is 16.5. The fraction of sp³-hybridized carbons (Fsp3) is 0.476.